The van der Waals surface area contributed by atoms with E-state index in [2.05, 4.69) is 10.6 Å². The van der Waals surface area contributed by atoms with Crippen molar-refractivity contribution in [1.82, 2.24) is 10.6 Å². The van der Waals surface area contributed by atoms with E-state index in [1.165, 1.54) is 0 Å². The number of rotatable bonds is 2. The van der Waals surface area contributed by atoms with E-state index >= 15 is 0 Å². The highest BCUT2D eigenvalue weighted by molar-refractivity contribution is 5.96. The fourth-order valence-electron chi connectivity index (χ4n) is 3.03. The van der Waals surface area contributed by atoms with Gasteiger partial charge in [-0.25, -0.2) is 0 Å². The third-order valence-corrected chi connectivity index (χ3v) is 4.18. The molecule has 0 bridgehead atoms. The first-order valence-electron chi connectivity index (χ1n) is 7.05. The van der Waals surface area contributed by atoms with Crippen LogP contribution in [0.5, 0.6) is 0 Å². The normalized spacial score (nSPS) is 24.5. The van der Waals surface area contributed by atoms with Crippen molar-refractivity contribution >= 4 is 5.91 Å². The van der Waals surface area contributed by atoms with Crippen LogP contribution in [0.15, 0.2) is 18.2 Å². The van der Waals surface area contributed by atoms with Crippen molar-refractivity contribution in [3.05, 3.63) is 34.9 Å². The van der Waals surface area contributed by atoms with E-state index in [0.717, 1.165) is 49.0 Å². The molecule has 2 heterocycles. The van der Waals surface area contributed by atoms with Crippen molar-refractivity contribution in [2.45, 2.75) is 25.4 Å². The molecule has 1 fully saturated rings. The topological polar surface area (TPSA) is 61.4 Å². The van der Waals surface area contributed by atoms with Gasteiger partial charge in [0.2, 0.25) is 0 Å². The minimum absolute atomic E-state index is 0.0166. The Bertz CT molecular complexity index is 481. The van der Waals surface area contributed by atoms with E-state index in [1.807, 2.05) is 18.2 Å². The molecule has 2 atom stereocenters. The molecule has 0 radical (unpaired) electrons. The van der Waals surface area contributed by atoms with Gasteiger partial charge in [0.25, 0.3) is 5.91 Å². The number of aliphatic hydroxyl groups is 1. The number of benzene rings is 1. The van der Waals surface area contributed by atoms with Gasteiger partial charge < -0.3 is 15.7 Å². The van der Waals surface area contributed by atoms with Crippen LogP contribution in [0.2, 0.25) is 0 Å². The Morgan fingerprint density at radius 2 is 2.21 bits per heavy atom. The summed E-state index contributed by atoms with van der Waals surface area (Å²) in [6.07, 6.45) is 2.54. The summed E-state index contributed by atoms with van der Waals surface area (Å²) in [5.74, 6) is 0.232. The molecule has 3 rings (SSSR count). The highest BCUT2D eigenvalue weighted by atomic mass is 16.3. The van der Waals surface area contributed by atoms with Crippen LogP contribution in [0.4, 0.5) is 0 Å². The van der Waals surface area contributed by atoms with Crippen LogP contribution in [0.3, 0.4) is 0 Å². The molecule has 1 saturated heterocycles. The van der Waals surface area contributed by atoms with Gasteiger partial charge in [0, 0.05) is 24.6 Å². The van der Waals surface area contributed by atoms with Crippen LogP contribution in [-0.2, 0) is 6.42 Å². The summed E-state index contributed by atoms with van der Waals surface area (Å²) in [5, 5.41) is 16.6. The Morgan fingerprint density at radius 3 is 3.00 bits per heavy atom. The molecule has 2 unspecified atom stereocenters. The first-order chi connectivity index (χ1) is 9.25. The third kappa shape index (κ3) is 2.51. The number of fused-ring (bicyclic) bond motifs is 1. The van der Waals surface area contributed by atoms with Crippen molar-refractivity contribution in [3.63, 3.8) is 0 Å². The molecule has 4 nitrogen and oxygen atoms in total. The quantitative estimate of drug-likeness (QED) is 0.743. The Morgan fingerprint density at radius 1 is 1.32 bits per heavy atom. The van der Waals surface area contributed by atoms with E-state index < -0.39 is 6.10 Å². The second kappa shape index (κ2) is 5.31. The van der Waals surface area contributed by atoms with Gasteiger partial charge in [0.1, 0.15) is 0 Å². The standard InChI is InChI=1S/C15H20N2O2/c18-14(12-2-1-6-16-9-12)11-4-3-10-5-7-17-15(19)13(10)8-11/h3-4,8,12,14,16,18H,1-2,5-7,9H2,(H,17,19). The van der Waals surface area contributed by atoms with E-state index in [0.29, 0.717) is 6.54 Å². The van der Waals surface area contributed by atoms with E-state index in [1.54, 1.807) is 0 Å². The van der Waals surface area contributed by atoms with Gasteiger partial charge in [0.15, 0.2) is 0 Å². The summed E-state index contributed by atoms with van der Waals surface area (Å²) in [5.41, 5.74) is 2.68. The van der Waals surface area contributed by atoms with Gasteiger partial charge in [-0.2, -0.15) is 0 Å². The van der Waals surface area contributed by atoms with Crippen molar-refractivity contribution < 1.29 is 9.90 Å². The summed E-state index contributed by atoms with van der Waals surface area (Å²) in [6, 6.07) is 5.82. The molecule has 1 aromatic carbocycles. The van der Waals surface area contributed by atoms with Crippen molar-refractivity contribution in [2.75, 3.05) is 19.6 Å². The maximum atomic E-state index is 11.8. The molecule has 19 heavy (non-hydrogen) atoms. The lowest BCUT2D eigenvalue weighted by molar-refractivity contribution is 0.0911. The van der Waals surface area contributed by atoms with Crippen LogP contribution >= 0.6 is 0 Å². The number of carbonyl (C=O) groups is 1. The number of piperidine rings is 1. The predicted octanol–water partition coefficient (Wildman–Crippen LogP) is 1.01. The van der Waals surface area contributed by atoms with Gasteiger partial charge in [-0.05, 0) is 43.0 Å². The van der Waals surface area contributed by atoms with Crippen LogP contribution < -0.4 is 10.6 Å². The lowest BCUT2D eigenvalue weighted by atomic mass is 9.87. The second-order valence-electron chi connectivity index (χ2n) is 5.47. The van der Waals surface area contributed by atoms with Crippen LogP contribution in [0.25, 0.3) is 0 Å². The van der Waals surface area contributed by atoms with E-state index in [9.17, 15) is 9.90 Å². The van der Waals surface area contributed by atoms with Crippen molar-refractivity contribution in [3.8, 4) is 0 Å². The lowest BCUT2D eigenvalue weighted by Crippen LogP contribution is -2.34. The first-order valence-corrected chi connectivity index (χ1v) is 7.05. The maximum absolute atomic E-state index is 11.8. The van der Waals surface area contributed by atoms with Gasteiger partial charge in [-0.3, -0.25) is 4.79 Å². The zero-order valence-electron chi connectivity index (χ0n) is 11.0. The molecule has 0 aliphatic carbocycles. The molecule has 2 aliphatic heterocycles. The first kappa shape index (κ1) is 12.6. The molecule has 1 aromatic rings. The monoisotopic (exact) mass is 260 g/mol. The average Bonchev–Trinajstić information content (AvgIpc) is 2.47. The van der Waals surface area contributed by atoms with E-state index in [-0.39, 0.29) is 11.8 Å². The number of amides is 1. The molecule has 4 heteroatoms. The molecule has 0 spiro atoms. The van der Waals surface area contributed by atoms with Crippen LogP contribution in [0, 0.1) is 5.92 Å². The summed E-state index contributed by atoms with van der Waals surface area (Å²) in [4.78, 5) is 11.8. The Hall–Kier alpha value is -1.39. The maximum Gasteiger partial charge on any atom is 0.251 e. The molecule has 0 saturated carbocycles. The van der Waals surface area contributed by atoms with Gasteiger partial charge >= 0.3 is 0 Å². The highest BCUT2D eigenvalue weighted by Crippen LogP contribution is 2.29. The molecule has 1 amide bonds. The predicted molar refractivity (Wildman–Crippen MR) is 73.0 cm³/mol. The molecular weight excluding hydrogens is 240 g/mol. The van der Waals surface area contributed by atoms with Gasteiger partial charge in [0.05, 0.1) is 6.10 Å². The smallest absolute Gasteiger partial charge is 0.251 e. The number of carbonyl (C=O) groups excluding carboxylic acids is 1. The third-order valence-electron chi connectivity index (χ3n) is 4.18. The average molecular weight is 260 g/mol. The Balaban J connectivity index is 1.84. The summed E-state index contributed by atoms with van der Waals surface area (Å²) in [6.45, 7) is 2.60. The summed E-state index contributed by atoms with van der Waals surface area (Å²) < 4.78 is 0. The fraction of sp³-hybridized carbons (Fsp3) is 0.533. The minimum atomic E-state index is -0.479. The van der Waals surface area contributed by atoms with Crippen molar-refractivity contribution in [1.29, 1.82) is 0 Å². The summed E-state index contributed by atoms with van der Waals surface area (Å²) in [7, 11) is 0. The number of hydrogen-bond acceptors (Lipinski definition) is 3. The molecule has 102 valence electrons. The fourth-order valence-corrected chi connectivity index (χ4v) is 3.03. The number of hydrogen-bond donors (Lipinski definition) is 3. The molecule has 0 aromatic heterocycles. The zero-order valence-corrected chi connectivity index (χ0v) is 11.0. The zero-order chi connectivity index (χ0) is 13.2. The summed E-state index contributed by atoms with van der Waals surface area (Å²) >= 11 is 0. The van der Waals surface area contributed by atoms with Crippen LogP contribution in [0.1, 0.15) is 40.4 Å². The second-order valence-corrected chi connectivity index (χ2v) is 5.47. The number of nitrogens with one attached hydrogen (secondary N) is 2. The van der Waals surface area contributed by atoms with Gasteiger partial charge in [-0.15, -0.1) is 0 Å². The highest BCUT2D eigenvalue weighted by Gasteiger charge is 2.25. The SMILES string of the molecule is O=C1NCCc2ccc(C(O)C3CCCNC3)cc21. The number of aliphatic hydroxyl groups excluding tert-OH is 1. The Labute approximate surface area is 113 Å². The van der Waals surface area contributed by atoms with E-state index in [4.69, 9.17) is 0 Å². The largest absolute Gasteiger partial charge is 0.388 e. The molecule has 2 aliphatic rings. The lowest BCUT2D eigenvalue weighted by Gasteiger charge is -2.28. The molecule has 3 N–H and O–H groups in total. The van der Waals surface area contributed by atoms with Crippen LogP contribution in [-0.4, -0.2) is 30.6 Å². The van der Waals surface area contributed by atoms with Gasteiger partial charge in [-0.1, -0.05) is 12.1 Å². The molecular formula is C15H20N2O2. The Kier molecular flexibility index (Phi) is 3.53. The minimum Gasteiger partial charge on any atom is -0.388 e. The van der Waals surface area contributed by atoms with Crippen molar-refractivity contribution in [2.24, 2.45) is 5.92 Å².